The standard InChI is InChI=1S/C40H50ClN5O6S/c1-7-29-31-20-46-22-40(16-8-9-26-17-28(41)12-14-33(26)40)23-52-35-15-11-27(18-34(35)46)37(47)43-53(49,44-38(48)32-19-45(4)42-39(32)51-6)21-24(2)10-13-30(25(31)3)36(29)50-5/h10-15,17-19,24-25,29-31,36H,7-9,16,20-23H2,1-6H3,(H,43,44,47,48,49)/b13-10-/t24-,25?,29+,30-,31+,36+,40-,53?/m0/s1. The average molecular weight is 764 g/mol. The van der Waals surface area contributed by atoms with Crippen molar-refractivity contribution in [3.8, 4) is 11.6 Å². The van der Waals surface area contributed by atoms with Crippen LogP contribution in [0.3, 0.4) is 0 Å². The topological polar surface area (TPSA) is 124 Å². The molecule has 7 rings (SSSR count). The van der Waals surface area contributed by atoms with Gasteiger partial charge in [-0.1, -0.05) is 57.0 Å². The summed E-state index contributed by atoms with van der Waals surface area (Å²) >= 11 is 6.49. The number of amides is 2. The van der Waals surface area contributed by atoms with Crippen molar-refractivity contribution < 1.29 is 28.0 Å². The van der Waals surface area contributed by atoms with Crippen molar-refractivity contribution in [1.29, 1.82) is 0 Å². The smallest absolute Gasteiger partial charge is 0.286 e. The highest BCUT2D eigenvalue weighted by Crippen LogP contribution is 2.49. The number of halogens is 1. The number of aromatic nitrogens is 2. The molecule has 2 unspecified atom stereocenters. The zero-order chi connectivity index (χ0) is 37.7. The second kappa shape index (κ2) is 14.8. The first-order chi connectivity index (χ1) is 25.4. The van der Waals surface area contributed by atoms with Crippen molar-refractivity contribution in [3.63, 3.8) is 0 Å². The van der Waals surface area contributed by atoms with Gasteiger partial charge in [0.15, 0.2) is 0 Å². The zero-order valence-corrected chi connectivity index (χ0v) is 32.9. The molecule has 2 aliphatic carbocycles. The quantitative estimate of drug-likeness (QED) is 0.287. The normalized spacial score (nSPS) is 31.7. The van der Waals surface area contributed by atoms with Crippen molar-refractivity contribution in [2.75, 3.05) is 44.6 Å². The summed E-state index contributed by atoms with van der Waals surface area (Å²) in [4.78, 5) is 30.1. The number of nitrogens with one attached hydrogen (secondary N) is 1. The molecule has 11 nitrogen and oxygen atoms in total. The van der Waals surface area contributed by atoms with Crippen LogP contribution in [0.4, 0.5) is 5.69 Å². The molecule has 8 atom stereocenters. The molecule has 1 saturated carbocycles. The van der Waals surface area contributed by atoms with Crippen molar-refractivity contribution in [1.82, 2.24) is 14.5 Å². The molecule has 2 amide bonds. The number of allylic oxidation sites excluding steroid dienone is 1. The fourth-order valence-electron chi connectivity index (χ4n) is 9.45. The van der Waals surface area contributed by atoms with Crippen LogP contribution in [0.25, 0.3) is 0 Å². The monoisotopic (exact) mass is 763 g/mol. The van der Waals surface area contributed by atoms with Crippen LogP contribution in [0.1, 0.15) is 71.9 Å². The molecule has 1 spiro atoms. The summed E-state index contributed by atoms with van der Waals surface area (Å²) in [5, 5.41) is 4.90. The number of carbonyl (C=O) groups excluding carboxylic acids is 2. The van der Waals surface area contributed by atoms with Gasteiger partial charge in [-0.3, -0.25) is 19.0 Å². The van der Waals surface area contributed by atoms with E-state index in [-0.39, 0.29) is 63.9 Å². The molecule has 53 heavy (non-hydrogen) atoms. The van der Waals surface area contributed by atoms with E-state index in [9.17, 15) is 13.8 Å². The number of rotatable bonds is 5. The lowest BCUT2D eigenvalue weighted by molar-refractivity contribution is 0.0411. The Balaban J connectivity index is 1.36. The fourth-order valence-corrected chi connectivity index (χ4v) is 11.4. The molecule has 1 fully saturated rings. The predicted octanol–water partition coefficient (Wildman–Crippen LogP) is 6.64. The lowest BCUT2D eigenvalue weighted by atomic mass is 9.70. The van der Waals surface area contributed by atoms with Crippen molar-refractivity contribution >= 4 is 39.0 Å². The van der Waals surface area contributed by atoms with Crippen LogP contribution in [0.15, 0.2) is 59.1 Å². The second-order valence-electron chi connectivity index (χ2n) is 15.4. The van der Waals surface area contributed by atoms with E-state index in [1.807, 2.05) is 31.2 Å². The summed E-state index contributed by atoms with van der Waals surface area (Å²) < 4.78 is 41.3. The molecule has 13 heteroatoms. The number of aryl methyl sites for hydroxylation is 2. The Hall–Kier alpha value is -3.87. The van der Waals surface area contributed by atoms with Crippen LogP contribution in [0.5, 0.6) is 11.6 Å². The highest BCUT2D eigenvalue weighted by molar-refractivity contribution is 7.92. The summed E-state index contributed by atoms with van der Waals surface area (Å²) in [6.45, 7) is 8.40. The first-order valence-electron chi connectivity index (χ1n) is 18.6. The van der Waals surface area contributed by atoms with Gasteiger partial charge in [0, 0.05) is 55.4 Å². The van der Waals surface area contributed by atoms with E-state index in [1.165, 1.54) is 29.1 Å². The molecule has 4 bridgehead atoms. The Morgan fingerprint density at radius 1 is 1.17 bits per heavy atom. The lowest BCUT2D eigenvalue weighted by Gasteiger charge is -2.42. The minimum Gasteiger partial charge on any atom is -0.490 e. The SMILES string of the molecule is CC[C@H]1[C@@H](OC)[C@H]2/C=C\[C@H](C)CS(=O)(NC(=O)c3cn(C)nc3OC)=NC(=O)c3ccc4c(c3)N(C[C@@H]1C2C)C[C@@]1(CCCc2cc(Cl)ccc21)CO4. The first-order valence-corrected chi connectivity index (χ1v) is 20.6. The maximum absolute atomic E-state index is 14.7. The van der Waals surface area contributed by atoms with Crippen LogP contribution in [0.2, 0.25) is 5.02 Å². The van der Waals surface area contributed by atoms with Crippen LogP contribution in [-0.4, -0.2) is 71.6 Å². The van der Waals surface area contributed by atoms with Crippen molar-refractivity contribution in [2.45, 2.75) is 58.0 Å². The van der Waals surface area contributed by atoms with Gasteiger partial charge in [-0.15, -0.1) is 9.46 Å². The Bertz CT molecular complexity index is 2060. The summed E-state index contributed by atoms with van der Waals surface area (Å²) in [7, 11) is 1.22. The Morgan fingerprint density at radius 3 is 2.74 bits per heavy atom. The molecular weight excluding hydrogens is 714 g/mol. The van der Waals surface area contributed by atoms with Crippen LogP contribution >= 0.6 is 11.6 Å². The molecule has 0 radical (unpaired) electrons. The minimum atomic E-state index is -3.64. The van der Waals surface area contributed by atoms with E-state index < -0.39 is 21.7 Å². The lowest BCUT2D eigenvalue weighted by Crippen LogP contribution is -2.47. The van der Waals surface area contributed by atoms with Crippen LogP contribution in [0, 0.1) is 29.6 Å². The number of carbonyl (C=O) groups is 2. The van der Waals surface area contributed by atoms with Crippen LogP contribution in [-0.2, 0) is 33.5 Å². The van der Waals surface area contributed by atoms with Gasteiger partial charge in [-0.05, 0) is 84.4 Å². The number of anilines is 1. The summed E-state index contributed by atoms with van der Waals surface area (Å²) in [5.41, 5.74) is 3.39. The first kappa shape index (κ1) is 37.4. The average Bonchev–Trinajstić information content (AvgIpc) is 3.58. The number of methoxy groups -OCH3 is 2. The number of nitrogens with zero attached hydrogens (tertiary/aromatic N) is 4. The number of ether oxygens (including phenoxy) is 3. The molecular formula is C40H50ClN5O6S. The Morgan fingerprint density at radius 2 is 1.98 bits per heavy atom. The highest BCUT2D eigenvalue weighted by Gasteiger charge is 2.49. The van der Waals surface area contributed by atoms with E-state index in [4.69, 9.17) is 25.8 Å². The third-order valence-electron chi connectivity index (χ3n) is 12.0. The van der Waals surface area contributed by atoms with Gasteiger partial charge in [0.05, 0.1) is 31.3 Å². The summed E-state index contributed by atoms with van der Waals surface area (Å²) in [6, 6.07) is 11.6. The van der Waals surface area contributed by atoms with E-state index in [0.29, 0.717) is 18.9 Å². The Labute approximate surface area is 317 Å². The van der Waals surface area contributed by atoms with Crippen LogP contribution < -0.4 is 19.1 Å². The minimum absolute atomic E-state index is 0.00901. The number of hydrogen-bond donors (Lipinski definition) is 1. The number of fused-ring (bicyclic) bond motifs is 5. The van der Waals surface area contributed by atoms with Gasteiger partial charge in [-0.2, -0.15) is 0 Å². The highest BCUT2D eigenvalue weighted by atomic mass is 35.5. The van der Waals surface area contributed by atoms with E-state index >= 15 is 0 Å². The molecule has 3 heterocycles. The third kappa shape index (κ3) is 7.10. The molecule has 0 saturated heterocycles. The molecule has 1 aromatic heterocycles. The summed E-state index contributed by atoms with van der Waals surface area (Å²) in [5.74, 6) is -0.0465. The zero-order valence-electron chi connectivity index (χ0n) is 31.3. The van der Waals surface area contributed by atoms with Gasteiger partial charge >= 0.3 is 0 Å². The Kier molecular flexibility index (Phi) is 10.4. The van der Waals surface area contributed by atoms with Gasteiger partial charge in [0.2, 0.25) is 5.88 Å². The van der Waals surface area contributed by atoms with Gasteiger partial charge in [-0.25, -0.2) is 4.21 Å². The predicted molar refractivity (Wildman–Crippen MR) is 206 cm³/mol. The van der Waals surface area contributed by atoms with Crippen molar-refractivity contribution in [2.24, 2.45) is 41.0 Å². The maximum Gasteiger partial charge on any atom is 0.286 e. The maximum atomic E-state index is 14.7. The molecule has 284 valence electrons. The third-order valence-corrected chi connectivity index (χ3v) is 14.1. The van der Waals surface area contributed by atoms with E-state index in [2.05, 4.69) is 51.1 Å². The fraction of sp³-hybridized carbons (Fsp3) is 0.525. The van der Waals surface area contributed by atoms with Gasteiger partial charge in [0.1, 0.15) is 21.2 Å². The number of hydrogen-bond acceptors (Lipinski definition) is 8. The molecule has 2 aliphatic heterocycles. The summed E-state index contributed by atoms with van der Waals surface area (Å²) in [6.07, 6.45) is 9.59. The van der Waals surface area contributed by atoms with Gasteiger partial charge in [0.25, 0.3) is 11.8 Å². The molecule has 2 aromatic carbocycles. The second-order valence-corrected chi connectivity index (χ2v) is 17.8. The molecule has 1 N–H and O–H groups in total. The van der Waals surface area contributed by atoms with Crippen molar-refractivity contribution in [3.05, 3.63) is 82.0 Å². The van der Waals surface area contributed by atoms with Gasteiger partial charge < -0.3 is 19.1 Å². The molecule has 4 aliphatic rings. The number of benzene rings is 2. The van der Waals surface area contributed by atoms with E-state index in [1.54, 1.807) is 20.2 Å². The molecule has 3 aromatic rings. The van der Waals surface area contributed by atoms with E-state index in [0.717, 1.165) is 42.9 Å². The largest absolute Gasteiger partial charge is 0.490 e.